The van der Waals surface area contributed by atoms with Gasteiger partial charge in [-0.3, -0.25) is 10.1 Å². The molecule has 0 spiro atoms. The van der Waals surface area contributed by atoms with Crippen molar-refractivity contribution in [1.29, 1.82) is 0 Å². The van der Waals surface area contributed by atoms with Crippen LogP contribution in [0.2, 0.25) is 0 Å². The number of rotatable bonds is 2. The Kier molecular flexibility index (Phi) is 4.00. The van der Waals surface area contributed by atoms with Crippen LogP contribution in [0, 0.1) is 18.3 Å². The molecule has 3 heterocycles. The molecule has 0 aliphatic carbocycles. The summed E-state index contributed by atoms with van der Waals surface area (Å²) in [6.45, 7) is 7.32. The van der Waals surface area contributed by atoms with E-state index < -0.39 is 0 Å². The van der Waals surface area contributed by atoms with E-state index >= 15 is 0 Å². The van der Waals surface area contributed by atoms with Crippen molar-refractivity contribution in [1.82, 2.24) is 15.2 Å². The van der Waals surface area contributed by atoms with Crippen LogP contribution in [-0.2, 0) is 4.79 Å². The third-order valence-corrected chi connectivity index (χ3v) is 5.07. The first-order valence-electron chi connectivity index (χ1n) is 8.18. The summed E-state index contributed by atoms with van der Waals surface area (Å²) in [7, 11) is 0. The van der Waals surface area contributed by atoms with E-state index in [0.29, 0.717) is 24.8 Å². The van der Waals surface area contributed by atoms with Crippen LogP contribution in [-0.4, -0.2) is 41.0 Å². The number of likely N-dealkylation sites (tertiary alicyclic amines) is 1. The van der Waals surface area contributed by atoms with Gasteiger partial charge in [-0.1, -0.05) is 6.07 Å². The van der Waals surface area contributed by atoms with Crippen LogP contribution in [0.15, 0.2) is 18.2 Å². The summed E-state index contributed by atoms with van der Waals surface area (Å²) in [6.07, 6.45) is 1.84. The minimum absolute atomic E-state index is 0.0987. The average molecular weight is 316 g/mol. The number of pyridine rings is 1. The van der Waals surface area contributed by atoms with Gasteiger partial charge in [-0.15, -0.1) is 0 Å². The van der Waals surface area contributed by atoms with E-state index in [1.165, 1.54) is 0 Å². The molecule has 3 amide bonds. The largest absolute Gasteiger partial charge is 0.351 e. The Morgan fingerprint density at radius 2 is 2.04 bits per heavy atom. The predicted molar refractivity (Wildman–Crippen MR) is 88.0 cm³/mol. The highest BCUT2D eigenvalue weighted by molar-refractivity contribution is 5.89. The summed E-state index contributed by atoms with van der Waals surface area (Å²) in [5.74, 6) is 1.17. The quantitative estimate of drug-likeness (QED) is 0.821. The molecule has 2 fully saturated rings. The van der Waals surface area contributed by atoms with Gasteiger partial charge < -0.3 is 10.2 Å². The number of urea groups is 1. The second-order valence-corrected chi connectivity index (χ2v) is 7.09. The smallest absolute Gasteiger partial charge is 0.323 e. The van der Waals surface area contributed by atoms with Crippen LogP contribution in [0.4, 0.5) is 10.6 Å². The monoisotopic (exact) mass is 316 g/mol. The molecule has 6 heteroatoms. The number of β-lactam (4-membered cyclic amide) rings is 1. The third-order valence-electron chi connectivity index (χ3n) is 5.07. The number of aryl methyl sites for hydroxylation is 1. The minimum atomic E-state index is -0.277. The first kappa shape index (κ1) is 15.8. The van der Waals surface area contributed by atoms with Gasteiger partial charge in [0.1, 0.15) is 5.82 Å². The topological polar surface area (TPSA) is 74.3 Å². The van der Waals surface area contributed by atoms with Crippen molar-refractivity contribution in [2.75, 3.05) is 18.4 Å². The zero-order valence-electron chi connectivity index (χ0n) is 13.9. The molecule has 0 radical (unpaired) electrons. The highest BCUT2D eigenvalue weighted by Gasteiger charge is 2.51. The lowest BCUT2D eigenvalue weighted by molar-refractivity contribution is -0.146. The second-order valence-electron chi connectivity index (χ2n) is 7.09. The molecule has 2 aliphatic rings. The van der Waals surface area contributed by atoms with Crippen molar-refractivity contribution in [3.8, 4) is 0 Å². The zero-order valence-corrected chi connectivity index (χ0v) is 13.9. The van der Waals surface area contributed by atoms with E-state index in [1.54, 1.807) is 6.07 Å². The molecule has 23 heavy (non-hydrogen) atoms. The highest BCUT2D eigenvalue weighted by Crippen LogP contribution is 2.38. The number of aromatic nitrogens is 1. The van der Waals surface area contributed by atoms with E-state index in [-0.39, 0.29) is 23.4 Å². The van der Waals surface area contributed by atoms with Gasteiger partial charge in [-0.05, 0) is 51.7 Å². The summed E-state index contributed by atoms with van der Waals surface area (Å²) in [4.78, 5) is 30.1. The first-order chi connectivity index (χ1) is 10.9. The van der Waals surface area contributed by atoms with Crippen molar-refractivity contribution < 1.29 is 9.59 Å². The predicted octanol–water partition coefficient (Wildman–Crippen LogP) is 2.16. The number of hydrogen-bond acceptors (Lipinski definition) is 3. The Morgan fingerprint density at radius 3 is 2.61 bits per heavy atom. The molecule has 1 aromatic heterocycles. The summed E-state index contributed by atoms with van der Waals surface area (Å²) >= 11 is 0. The number of anilines is 1. The molecule has 2 N–H and O–H groups in total. The van der Waals surface area contributed by atoms with E-state index in [9.17, 15) is 9.59 Å². The van der Waals surface area contributed by atoms with Crippen molar-refractivity contribution in [2.24, 2.45) is 11.3 Å². The van der Waals surface area contributed by atoms with Crippen LogP contribution >= 0.6 is 0 Å². The van der Waals surface area contributed by atoms with Crippen molar-refractivity contribution >= 4 is 17.8 Å². The van der Waals surface area contributed by atoms with Gasteiger partial charge in [-0.2, -0.15) is 0 Å². The average Bonchev–Trinajstić information content (AvgIpc) is 2.52. The van der Waals surface area contributed by atoms with Crippen LogP contribution in [0.5, 0.6) is 0 Å². The van der Waals surface area contributed by atoms with Gasteiger partial charge in [0.25, 0.3) is 0 Å². The molecule has 0 bridgehead atoms. The number of piperidine rings is 1. The summed E-state index contributed by atoms with van der Waals surface area (Å²) < 4.78 is 0. The summed E-state index contributed by atoms with van der Waals surface area (Å²) in [5, 5.41) is 5.88. The fourth-order valence-electron chi connectivity index (χ4n) is 3.52. The highest BCUT2D eigenvalue weighted by atomic mass is 16.2. The molecule has 124 valence electrons. The van der Waals surface area contributed by atoms with Crippen molar-refractivity contribution in [2.45, 2.75) is 39.7 Å². The number of hydrogen-bond donors (Lipinski definition) is 2. The van der Waals surface area contributed by atoms with E-state index in [0.717, 1.165) is 18.5 Å². The Balaban J connectivity index is 1.53. The first-order valence-corrected chi connectivity index (χ1v) is 8.18. The lowest BCUT2D eigenvalue weighted by Gasteiger charge is -2.50. The summed E-state index contributed by atoms with van der Waals surface area (Å²) in [5.41, 5.74) is 0.602. The van der Waals surface area contributed by atoms with Gasteiger partial charge in [0.2, 0.25) is 5.91 Å². The molecule has 6 nitrogen and oxygen atoms in total. The fourth-order valence-corrected chi connectivity index (χ4v) is 3.52. The molecule has 1 atom stereocenters. The van der Waals surface area contributed by atoms with Gasteiger partial charge in [0.15, 0.2) is 0 Å². The number of nitrogens with one attached hydrogen (secondary N) is 2. The number of carbonyl (C=O) groups excluding carboxylic acids is 2. The molecule has 1 aromatic rings. The summed E-state index contributed by atoms with van der Waals surface area (Å²) in [6, 6.07) is 5.71. The SMILES string of the molecule is Cc1cccc(NC(=O)N2CCC([C@H]3NC(=O)C3(C)C)CC2)n1. The zero-order chi connectivity index (χ0) is 16.6. The van der Waals surface area contributed by atoms with Gasteiger partial charge in [0, 0.05) is 24.8 Å². The van der Waals surface area contributed by atoms with E-state index in [1.807, 2.05) is 37.8 Å². The van der Waals surface area contributed by atoms with Gasteiger partial charge >= 0.3 is 6.03 Å². The van der Waals surface area contributed by atoms with E-state index in [4.69, 9.17) is 0 Å². The standard InChI is InChI=1S/C17H24N4O2/c1-11-5-4-6-13(18-11)19-16(23)21-9-7-12(8-10-21)14-17(2,3)15(22)20-14/h4-6,12,14H,7-10H2,1-3H3,(H,20,22)(H,18,19,23)/t14-/m1/s1. The molecular weight excluding hydrogens is 292 g/mol. The Morgan fingerprint density at radius 1 is 1.35 bits per heavy atom. The maximum atomic E-state index is 12.3. The maximum absolute atomic E-state index is 12.3. The van der Waals surface area contributed by atoms with Crippen molar-refractivity contribution in [3.63, 3.8) is 0 Å². The maximum Gasteiger partial charge on any atom is 0.323 e. The Bertz CT molecular complexity index is 621. The lowest BCUT2D eigenvalue weighted by Crippen LogP contribution is -2.68. The minimum Gasteiger partial charge on any atom is -0.351 e. The molecular formula is C17H24N4O2. The Labute approximate surface area is 136 Å². The van der Waals surface area contributed by atoms with Gasteiger partial charge in [-0.25, -0.2) is 9.78 Å². The molecule has 0 unspecified atom stereocenters. The van der Waals surface area contributed by atoms with E-state index in [2.05, 4.69) is 15.6 Å². The molecule has 2 saturated heterocycles. The Hall–Kier alpha value is -2.11. The molecule has 0 aromatic carbocycles. The van der Waals surface area contributed by atoms with Crippen LogP contribution in [0.1, 0.15) is 32.4 Å². The normalized spacial score (nSPS) is 23.9. The number of carbonyl (C=O) groups is 2. The fraction of sp³-hybridized carbons (Fsp3) is 0.588. The molecule has 0 saturated carbocycles. The van der Waals surface area contributed by atoms with Crippen LogP contribution < -0.4 is 10.6 Å². The number of nitrogens with zero attached hydrogens (tertiary/aromatic N) is 2. The third kappa shape index (κ3) is 3.02. The number of amides is 3. The van der Waals surface area contributed by atoms with Gasteiger partial charge in [0.05, 0.1) is 5.41 Å². The molecule has 3 rings (SSSR count). The molecule has 2 aliphatic heterocycles. The second kappa shape index (κ2) is 5.83. The van der Waals surface area contributed by atoms with Crippen molar-refractivity contribution in [3.05, 3.63) is 23.9 Å². The lowest BCUT2D eigenvalue weighted by atomic mass is 9.68. The van der Waals surface area contributed by atoms with Crippen LogP contribution in [0.3, 0.4) is 0 Å². The van der Waals surface area contributed by atoms with Crippen LogP contribution in [0.25, 0.3) is 0 Å².